The Hall–Kier alpha value is -0.630. The van der Waals surface area contributed by atoms with Crippen molar-refractivity contribution in [2.45, 2.75) is 52.0 Å². The molecule has 2 nitrogen and oxygen atoms in total. The minimum atomic E-state index is 0.231. The van der Waals surface area contributed by atoms with Crippen LogP contribution in [-0.2, 0) is 4.79 Å². The van der Waals surface area contributed by atoms with E-state index in [4.69, 9.17) is 5.73 Å². The van der Waals surface area contributed by atoms with Crippen LogP contribution in [0.4, 0.5) is 0 Å². The van der Waals surface area contributed by atoms with Crippen LogP contribution >= 0.6 is 0 Å². The van der Waals surface area contributed by atoms with E-state index in [-0.39, 0.29) is 11.8 Å². The van der Waals surface area contributed by atoms with Gasteiger partial charge in [0.15, 0.2) is 5.78 Å². The first-order valence-corrected chi connectivity index (χ1v) is 6.00. The molecule has 0 radical (unpaired) electrons. The topological polar surface area (TPSA) is 43.1 Å². The van der Waals surface area contributed by atoms with E-state index in [0.29, 0.717) is 11.3 Å². The third-order valence-electron chi connectivity index (χ3n) is 4.35. The molecular weight excluding hydrogens is 186 g/mol. The van der Waals surface area contributed by atoms with E-state index in [0.717, 1.165) is 24.8 Å². The first kappa shape index (κ1) is 10.9. The Morgan fingerprint density at radius 3 is 2.93 bits per heavy atom. The van der Waals surface area contributed by atoms with Gasteiger partial charge in [-0.15, -0.1) is 0 Å². The molecule has 0 aromatic carbocycles. The molecule has 1 saturated carbocycles. The summed E-state index contributed by atoms with van der Waals surface area (Å²) < 4.78 is 0. The van der Waals surface area contributed by atoms with Gasteiger partial charge in [0.05, 0.1) is 0 Å². The number of rotatable bonds is 1. The average Bonchev–Trinajstić information content (AvgIpc) is 2.17. The lowest BCUT2D eigenvalue weighted by Crippen LogP contribution is -2.45. The molecule has 84 valence electrons. The molecule has 15 heavy (non-hydrogen) atoms. The number of nitrogens with two attached hydrogens (primary N) is 1. The van der Waals surface area contributed by atoms with Crippen LogP contribution in [0.5, 0.6) is 0 Å². The number of carbonyl (C=O) groups excluding carboxylic acids is 1. The fraction of sp³-hybridized carbons (Fsp3) is 0.769. The Bertz CT molecular complexity index is 308. The summed E-state index contributed by atoms with van der Waals surface area (Å²) in [6, 6.07) is 0.262. The fourth-order valence-electron chi connectivity index (χ4n) is 3.23. The lowest BCUT2D eigenvalue weighted by molar-refractivity contribution is -0.114. The van der Waals surface area contributed by atoms with Crippen LogP contribution in [0.15, 0.2) is 11.6 Å². The Morgan fingerprint density at radius 2 is 2.27 bits per heavy atom. The van der Waals surface area contributed by atoms with E-state index in [1.807, 2.05) is 0 Å². The van der Waals surface area contributed by atoms with Crippen molar-refractivity contribution in [2.24, 2.45) is 17.1 Å². The molecule has 3 atom stereocenters. The number of ketones is 1. The van der Waals surface area contributed by atoms with Gasteiger partial charge >= 0.3 is 0 Å². The van der Waals surface area contributed by atoms with Crippen molar-refractivity contribution in [3.05, 3.63) is 11.6 Å². The normalized spacial score (nSPS) is 40.6. The van der Waals surface area contributed by atoms with Crippen LogP contribution in [0.25, 0.3) is 0 Å². The molecule has 0 aromatic rings. The molecule has 2 N–H and O–H groups in total. The summed E-state index contributed by atoms with van der Waals surface area (Å²) in [6.07, 6.45) is 7.90. The molecule has 2 rings (SSSR count). The largest absolute Gasteiger partial charge is 0.327 e. The minimum absolute atomic E-state index is 0.231. The van der Waals surface area contributed by atoms with Crippen LogP contribution in [0.2, 0.25) is 0 Å². The number of carbonyl (C=O) groups is 1. The molecule has 2 heteroatoms. The molecule has 0 bridgehead atoms. The van der Waals surface area contributed by atoms with Gasteiger partial charge in [0.2, 0.25) is 0 Å². The second-order valence-electron chi connectivity index (χ2n) is 5.48. The van der Waals surface area contributed by atoms with E-state index >= 15 is 0 Å². The van der Waals surface area contributed by atoms with E-state index in [9.17, 15) is 4.79 Å². The van der Waals surface area contributed by atoms with E-state index < -0.39 is 0 Å². The average molecular weight is 207 g/mol. The van der Waals surface area contributed by atoms with Gasteiger partial charge in [-0.1, -0.05) is 19.4 Å². The molecule has 0 aromatic heterocycles. The molecule has 0 unspecified atom stereocenters. The molecule has 2 aliphatic carbocycles. The van der Waals surface area contributed by atoms with Crippen molar-refractivity contribution in [1.82, 2.24) is 0 Å². The van der Waals surface area contributed by atoms with Gasteiger partial charge in [-0.25, -0.2) is 0 Å². The predicted molar refractivity (Wildman–Crippen MR) is 61.4 cm³/mol. The quantitative estimate of drug-likeness (QED) is 0.717. The second-order valence-corrected chi connectivity index (χ2v) is 5.48. The maximum Gasteiger partial charge on any atom is 0.155 e. The molecule has 0 aliphatic heterocycles. The molecule has 0 spiro atoms. The van der Waals surface area contributed by atoms with Crippen LogP contribution in [0, 0.1) is 11.3 Å². The summed E-state index contributed by atoms with van der Waals surface area (Å²) in [4.78, 5) is 11.4. The fourth-order valence-corrected chi connectivity index (χ4v) is 3.23. The Kier molecular flexibility index (Phi) is 2.72. The maximum absolute atomic E-state index is 11.4. The van der Waals surface area contributed by atoms with Crippen LogP contribution < -0.4 is 5.73 Å². The third-order valence-corrected chi connectivity index (χ3v) is 4.35. The summed E-state index contributed by atoms with van der Waals surface area (Å²) in [5.74, 6) is 0.661. The van der Waals surface area contributed by atoms with E-state index in [1.54, 1.807) is 6.92 Å². The highest BCUT2D eigenvalue weighted by molar-refractivity contribution is 5.93. The number of hydrogen-bond donors (Lipinski definition) is 1. The summed E-state index contributed by atoms with van der Waals surface area (Å²) in [7, 11) is 0. The van der Waals surface area contributed by atoms with Gasteiger partial charge < -0.3 is 5.73 Å². The molecule has 0 saturated heterocycles. The third kappa shape index (κ3) is 1.87. The number of Topliss-reactive ketones (excluding diaryl/α,β-unsaturated/α-hetero) is 1. The summed E-state index contributed by atoms with van der Waals surface area (Å²) in [6.45, 7) is 4.01. The zero-order chi connectivity index (χ0) is 11.1. The van der Waals surface area contributed by atoms with Crippen LogP contribution in [0.3, 0.4) is 0 Å². The van der Waals surface area contributed by atoms with Gasteiger partial charge in [-0.3, -0.25) is 4.79 Å². The zero-order valence-electron chi connectivity index (χ0n) is 9.75. The predicted octanol–water partition coefficient (Wildman–Crippen LogP) is 2.43. The van der Waals surface area contributed by atoms with E-state index in [2.05, 4.69) is 13.0 Å². The van der Waals surface area contributed by atoms with Crippen molar-refractivity contribution in [3.8, 4) is 0 Å². The number of allylic oxidation sites excluding steroid dienone is 1. The van der Waals surface area contributed by atoms with Gasteiger partial charge in [-0.2, -0.15) is 0 Å². The zero-order valence-corrected chi connectivity index (χ0v) is 9.75. The summed E-state index contributed by atoms with van der Waals surface area (Å²) >= 11 is 0. The lowest BCUT2D eigenvalue weighted by atomic mass is 9.60. The number of fused-ring (bicyclic) bond motifs is 1. The number of hydrogen-bond acceptors (Lipinski definition) is 2. The first-order chi connectivity index (χ1) is 7.03. The molecule has 2 aliphatic rings. The van der Waals surface area contributed by atoms with Gasteiger partial charge in [0.25, 0.3) is 0 Å². The Balaban J connectivity index is 2.28. The van der Waals surface area contributed by atoms with Crippen molar-refractivity contribution in [1.29, 1.82) is 0 Å². The van der Waals surface area contributed by atoms with Crippen LogP contribution in [-0.4, -0.2) is 11.8 Å². The lowest BCUT2D eigenvalue weighted by Gasteiger charge is -2.46. The monoisotopic (exact) mass is 207 g/mol. The minimum Gasteiger partial charge on any atom is -0.327 e. The molecule has 0 amide bonds. The molecular formula is C13H21NO. The second kappa shape index (κ2) is 3.75. The smallest absolute Gasteiger partial charge is 0.155 e. The molecule has 0 heterocycles. The first-order valence-electron chi connectivity index (χ1n) is 6.00. The highest BCUT2D eigenvalue weighted by Gasteiger charge is 2.41. The van der Waals surface area contributed by atoms with Gasteiger partial charge in [0, 0.05) is 6.04 Å². The standard InChI is InChI=1S/C13H21NO/c1-9(15)10-5-7-13(2)6-3-4-12(14)11(13)8-10/h8,11-12H,3-7,14H2,1-2H3/t11-,12-,13-/m1/s1. The summed E-state index contributed by atoms with van der Waals surface area (Å²) in [5, 5.41) is 0. The van der Waals surface area contributed by atoms with Crippen molar-refractivity contribution < 1.29 is 4.79 Å². The maximum atomic E-state index is 11.4. The van der Waals surface area contributed by atoms with Crippen molar-refractivity contribution in [3.63, 3.8) is 0 Å². The van der Waals surface area contributed by atoms with Crippen molar-refractivity contribution >= 4 is 5.78 Å². The SMILES string of the molecule is CC(=O)C1=C[C@@H]2[C@H](N)CCC[C@]2(C)CC1. The van der Waals surface area contributed by atoms with Gasteiger partial charge in [0.1, 0.15) is 0 Å². The van der Waals surface area contributed by atoms with E-state index in [1.165, 1.54) is 12.8 Å². The van der Waals surface area contributed by atoms with Crippen LogP contribution in [0.1, 0.15) is 46.0 Å². The Labute approximate surface area is 91.9 Å². The highest BCUT2D eigenvalue weighted by atomic mass is 16.1. The Morgan fingerprint density at radius 1 is 1.53 bits per heavy atom. The van der Waals surface area contributed by atoms with Gasteiger partial charge in [-0.05, 0) is 49.5 Å². The summed E-state index contributed by atoms with van der Waals surface area (Å²) in [5.41, 5.74) is 7.55. The highest BCUT2D eigenvalue weighted by Crippen LogP contribution is 2.48. The van der Waals surface area contributed by atoms with Crippen molar-refractivity contribution in [2.75, 3.05) is 0 Å². The molecule has 1 fully saturated rings.